The van der Waals surface area contributed by atoms with Crippen molar-refractivity contribution in [1.29, 1.82) is 0 Å². The second-order valence-corrected chi connectivity index (χ2v) is 10.6. The number of hydrogen-bond donors (Lipinski definition) is 1. The smallest absolute Gasteiger partial charge is 0.242 e. The Hall–Kier alpha value is -3.47. The molecule has 202 valence electrons. The van der Waals surface area contributed by atoms with Crippen molar-refractivity contribution in [3.63, 3.8) is 0 Å². The van der Waals surface area contributed by atoms with Crippen molar-refractivity contribution in [3.05, 3.63) is 48.0 Å². The van der Waals surface area contributed by atoms with Crippen LogP contribution in [-0.2, 0) is 26.2 Å². The Balaban J connectivity index is 1.76. The Morgan fingerprint density at radius 3 is 2.49 bits per heavy atom. The number of benzene rings is 2. The Morgan fingerprint density at radius 2 is 1.84 bits per heavy atom. The van der Waals surface area contributed by atoms with Gasteiger partial charge in [-0.1, -0.05) is 19.1 Å². The first-order valence-electron chi connectivity index (χ1n) is 12.2. The Bertz CT molecular complexity index is 1200. The summed E-state index contributed by atoms with van der Waals surface area (Å²) in [4.78, 5) is 27.5. The maximum absolute atomic E-state index is 13.4. The van der Waals surface area contributed by atoms with Crippen LogP contribution in [0, 0.1) is 0 Å². The molecule has 2 aromatic rings. The fraction of sp³-hybridized carbons (Fsp3) is 0.462. The Labute approximate surface area is 218 Å². The van der Waals surface area contributed by atoms with Crippen molar-refractivity contribution in [3.8, 4) is 17.2 Å². The van der Waals surface area contributed by atoms with Gasteiger partial charge in [-0.3, -0.25) is 13.9 Å². The van der Waals surface area contributed by atoms with Crippen LogP contribution in [-0.4, -0.2) is 71.3 Å². The molecular formula is C26H35N3O7S. The molecule has 0 unspecified atom stereocenters. The minimum absolute atomic E-state index is 0.0635. The molecule has 0 aromatic heterocycles. The highest BCUT2D eigenvalue weighted by atomic mass is 32.2. The highest BCUT2D eigenvalue weighted by Gasteiger charge is 2.28. The van der Waals surface area contributed by atoms with Crippen LogP contribution in [0.3, 0.4) is 0 Å². The maximum Gasteiger partial charge on any atom is 0.242 e. The summed E-state index contributed by atoms with van der Waals surface area (Å²) in [5.41, 5.74) is 1.26. The van der Waals surface area contributed by atoms with E-state index in [2.05, 4.69) is 5.32 Å². The predicted molar refractivity (Wildman–Crippen MR) is 141 cm³/mol. The number of nitrogens with zero attached hydrogens (tertiary/aromatic N) is 2. The summed E-state index contributed by atoms with van der Waals surface area (Å²) in [6, 6.07) is 11.6. The summed E-state index contributed by atoms with van der Waals surface area (Å²) in [5, 5.41) is 2.63. The number of carbonyl (C=O) groups excluding carboxylic acids is 2. The lowest BCUT2D eigenvalue weighted by molar-refractivity contribution is -0.141. The van der Waals surface area contributed by atoms with Gasteiger partial charge in [0.1, 0.15) is 25.0 Å². The third kappa shape index (κ3) is 7.28. The maximum atomic E-state index is 13.4. The van der Waals surface area contributed by atoms with Gasteiger partial charge in [-0.2, -0.15) is 0 Å². The molecule has 3 rings (SSSR count). The molecule has 1 atom stereocenters. The summed E-state index contributed by atoms with van der Waals surface area (Å²) in [6.45, 7) is 2.98. The number of sulfonamides is 1. The zero-order valence-corrected chi connectivity index (χ0v) is 22.5. The number of fused-ring (bicyclic) bond motifs is 1. The second kappa shape index (κ2) is 12.7. The number of carbonyl (C=O) groups is 2. The van der Waals surface area contributed by atoms with Gasteiger partial charge in [-0.05, 0) is 42.7 Å². The quantitative estimate of drug-likeness (QED) is 0.446. The highest BCUT2D eigenvalue weighted by molar-refractivity contribution is 7.92. The molecule has 0 saturated heterocycles. The van der Waals surface area contributed by atoms with Crippen LogP contribution in [0.2, 0.25) is 0 Å². The standard InChI is InChI=1S/C26H35N3O7S/c1-5-22(26(31)27-2)28(18-19-8-6-9-21(16-19)34-3)25(30)10-7-13-29(37(4,32)33)20-11-12-23-24(17-20)36-15-14-35-23/h6,8-9,11-12,16-17,22H,5,7,10,13-15,18H2,1-4H3,(H,27,31)/t22-/m1/s1. The summed E-state index contributed by atoms with van der Waals surface area (Å²) in [6.07, 6.45) is 1.88. The lowest BCUT2D eigenvalue weighted by Crippen LogP contribution is -2.48. The molecule has 1 N–H and O–H groups in total. The molecule has 0 saturated carbocycles. The number of likely N-dealkylation sites (N-methyl/N-ethyl adjacent to an activating group) is 1. The molecule has 11 heteroatoms. The predicted octanol–water partition coefficient (Wildman–Crippen LogP) is 2.57. The minimum Gasteiger partial charge on any atom is -0.497 e. The molecular weight excluding hydrogens is 498 g/mol. The van der Waals surface area contributed by atoms with Gasteiger partial charge in [0, 0.05) is 32.6 Å². The van der Waals surface area contributed by atoms with E-state index in [1.54, 1.807) is 30.2 Å². The lowest BCUT2D eigenvalue weighted by Gasteiger charge is -2.31. The molecule has 1 aliphatic rings. The summed E-state index contributed by atoms with van der Waals surface area (Å²) in [7, 11) is -0.519. The van der Waals surface area contributed by atoms with Crippen molar-refractivity contribution < 1.29 is 32.2 Å². The first-order valence-corrected chi connectivity index (χ1v) is 14.0. The van der Waals surface area contributed by atoms with Crippen LogP contribution in [0.25, 0.3) is 0 Å². The van der Waals surface area contributed by atoms with Crippen LogP contribution >= 0.6 is 0 Å². The fourth-order valence-corrected chi connectivity index (χ4v) is 5.20. The number of rotatable bonds is 12. The normalized spacial score (nSPS) is 13.4. The van der Waals surface area contributed by atoms with Crippen LogP contribution in [0.1, 0.15) is 31.7 Å². The van der Waals surface area contributed by atoms with Crippen LogP contribution in [0.4, 0.5) is 5.69 Å². The number of anilines is 1. The average molecular weight is 534 g/mol. The fourth-order valence-electron chi connectivity index (χ4n) is 4.24. The summed E-state index contributed by atoms with van der Waals surface area (Å²) < 4.78 is 42.8. The minimum atomic E-state index is -3.62. The van der Waals surface area contributed by atoms with Gasteiger partial charge in [0.2, 0.25) is 21.8 Å². The average Bonchev–Trinajstić information content (AvgIpc) is 2.89. The van der Waals surface area contributed by atoms with E-state index in [4.69, 9.17) is 14.2 Å². The molecule has 2 amide bonds. The zero-order valence-electron chi connectivity index (χ0n) is 21.7. The van der Waals surface area contributed by atoms with Gasteiger partial charge in [0.25, 0.3) is 0 Å². The van der Waals surface area contributed by atoms with E-state index in [0.717, 1.165) is 11.8 Å². The van der Waals surface area contributed by atoms with Gasteiger partial charge in [0.15, 0.2) is 11.5 Å². The third-order valence-corrected chi connectivity index (χ3v) is 7.28. The number of nitrogens with one attached hydrogen (secondary N) is 1. The van der Waals surface area contributed by atoms with Crippen molar-refractivity contribution >= 4 is 27.5 Å². The highest BCUT2D eigenvalue weighted by Crippen LogP contribution is 2.34. The van der Waals surface area contributed by atoms with Gasteiger partial charge >= 0.3 is 0 Å². The van der Waals surface area contributed by atoms with Gasteiger partial charge in [0.05, 0.1) is 19.1 Å². The topological polar surface area (TPSA) is 114 Å². The van der Waals surface area contributed by atoms with Crippen molar-refractivity contribution in [1.82, 2.24) is 10.2 Å². The Morgan fingerprint density at radius 1 is 1.11 bits per heavy atom. The molecule has 37 heavy (non-hydrogen) atoms. The molecule has 0 fully saturated rings. The monoisotopic (exact) mass is 533 g/mol. The number of methoxy groups -OCH3 is 1. The number of ether oxygens (including phenoxy) is 3. The molecule has 0 spiro atoms. The number of amides is 2. The third-order valence-electron chi connectivity index (χ3n) is 6.09. The van der Waals surface area contributed by atoms with E-state index in [1.165, 1.54) is 11.4 Å². The Kier molecular flexibility index (Phi) is 9.62. The van der Waals surface area contributed by atoms with Gasteiger partial charge in [-0.15, -0.1) is 0 Å². The summed E-state index contributed by atoms with van der Waals surface area (Å²) >= 11 is 0. The van der Waals surface area contributed by atoms with Crippen LogP contribution in [0.5, 0.6) is 17.2 Å². The van der Waals surface area contributed by atoms with Crippen molar-refractivity contribution in [2.24, 2.45) is 0 Å². The molecule has 0 bridgehead atoms. The molecule has 0 radical (unpaired) electrons. The summed E-state index contributed by atoms with van der Waals surface area (Å²) in [5.74, 6) is 1.20. The van der Waals surface area contributed by atoms with Gasteiger partial charge < -0.3 is 24.4 Å². The molecule has 10 nitrogen and oxygen atoms in total. The molecule has 0 aliphatic carbocycles. The SMILES string of the molecule is CC[C@H](C(=O)NC)N(Cc1cccc(OC)c1)C(=O)CCCN(c1ccc2c(c1)OCCO2)S(C)(=O)=O. The zero-order chi connectivity index (χ0) is 27.0. The van der Waals surface area contributed by atoms with E-state index in [1.807, 2.05) is 31.2 Å². The van der Waals surface area contributed by atoms with E-state index < -0.39 is 16.1 Å². The van der Waals surface area contributed by atoms with Gasteiger partial charge in [-0.25, -0.2) is 8.42 Å². The largest absolute Gasteiger partial charge is 0.497 e. The number of hydrogen-bond acceptors (Lipinski definition) is 7. The van der Waals surface area contributed by atoms with E-state index >= 15 is 0 Å². The van der Waals surface area contributed by atoms with Crippen LogP contribution < -0.4 is 23.8 Å². The molecule has 1 heterocycles. The van der Waals surface area contributed by atoms with Crippen molar-refractivity contribution in [2.75, 3.05) is 44.5 Å². The lowest BCUT2D eigenvalue weighted by atomic mass is 10.1. The van der Waals surface area contributed by atoms with E-state index in [-0.39, 0.29) is 37.7 Å². The first kappa shape index (κ1) is 28.1. The van der Waals surface area contributed by atoms with E-state index in [0.29, 0.717) is 42.6 Å². The molecule has 2 aromatic carbocycles. The van der Waals surface area contributed by atoms with E-state index in [9.17, 15) is 18.0 Å². The van der Waals surface area contributed by atoms with Crippen LogP contribution in [0.15, 0.2) is 42.5 Å². The first-order chi connectivity index (χ1) is 17.7. The second-order valence-electron chi connectivity index (χ2n) is 8.68. The van der Waals surface area contributed by atoms with Crippen molar-refractivity contribution in [2.45, 2.75) is 38.8 Å². The molecule has 1 aliphatic heterocycles.